The second kappa shape index (κ2) is 5.92. The molecule has 7 nitrogen and oxygen atoms in total. The van der Waals surface area contributed by atoms with Crippen molar-refractivity contribution in [2.45, 2.75) is 12.1 Å². The van der Waals surface area contributed by atoms with Crippen LogP contribution in [0.25, 0.3) is 0 Å². The average molecular weight is 335 g/mol. The number of hydrogen-bond acceptors (Lipinski definition) is 7. The standard InChI is InChI=1S/C15H19ClN6O/c1-21(2)14-19-12(18-13(17)20-14)7-22-8-15(23,9-22)10-3-5-11(16)6-4-10/h3-6,23H,7-9H2,1-2H3,(H2,17,18,19,20). The first-order valence-corrected chi connectivity index (χ1v) is 7.62. The van der Waals surface area contributed by atoms with E-state index in [1.54, 1.807) is 17.0 Å². The SMILES string of the molecule is CN(C)c1nc(N)nc(CN2CC(O)(c3ccc(Cl)cc3)C2)n1. The molecule has 0 saturated carbocycles. The van der Waals surface area contributed by atoms with E-state index in [1.807, 2.05) is 26.2 Å². The molecule has 8 heteroatoms. The monoisotopic (exact) mass is 334 g/mol. The van der Waals surface area contributed by atoms with E-state index in [1.165, 1.54) is 0 Å². The lowest BCUT2D eigenvalue weighted by atomic mass is 9.86. The van der Waals surface area contributed by atoms with Gasteiger partial charge in [-0.2, -0.15) is 15.0 Å². The molecule has 1 aliphatic rings. The minimum absolute atomic E-state index is 0.201. The maximum absolute atomic E-state index is 10.6. The van der Waals surface area contributed by atoms with E-state index in [0.29, 0.717) is 36.4 Å². The molecule has 2 heterocycles. The van der Waals surface area contributed by atoms with Crippen LogP contribution in [-0.4, -0.2) is 52.1 Å². The highest BCUT2D eigenvalue weighted by Gasteiger charge is 2.42. The van der Waals surface area contributed by atoms with E-state index >= 15 is 0 Å². The third-order valence-corrected chi connectivity index (χ3v) is 4.06. The van der Waals surface area contributed by atoms with Crippen LogP contribution in [0.2, 0.25) is 5.02 Å². The predicted molar refractivity (Wildman–Crippen MR) is 89.2 cm³/mol. The molecule has 0 atom stereocenters. The van der Waals surface area contributed by atoms with Gasteiger partial charge in [0.15, 0.2) is 0 Å². The van der Waals surface area contributed by atoms with Gasteiger partial charge in [-0.1, -0.05) is 23.7 Å². The Hall–Kier alpha value is -1.96. The molecule has 0 amide bonds. The predicted octanol–water partition coefficient (Wildman–Crippen LogP) is 0.877. The average Bonchev–Trinajstić information content (AvgIpc) is 2.45. The lowest BCUT2D eigenvalue weighted by molar-refractivity contribution is -0.108. The Morgan fingerprint density at radius 2 is 1.87 bits per heavy atom. The summed E-state index contributed by atoms with van der Waals surface area (Å²) < 4.78 is 0. The molecular formula is C15H19ClN6O. The van der Waals surface area contributed by atoms with E-state index in [0.717, 1.165) is 5.56 Å². The number of likely N-dealkylation sites (tertiary alicyclic amines) is 1. The molecule has 3 rings (SSSR count). The number of β-amino-alcohol motifs (C(OH)–C–C–N with tert-alkyl or cyclic N) is 1. The molecule has 1 aromatic heterocycles. The zero-order valence-electron chi connectivity index (χ0n) is 13.1. The summed E-state index contributed by atoms with van der Waals surface area (Å²) in [6, 6.07) is 7.27. The molecule has 0 aliphatic carbocycles. The number of nitrogens with zero attached hydrogens (tertiary/aromatic N) is 5. The van der Waals surface area contributed by atoms with Gasteiger partial charge in [-0.05, 0) is 17.7 Å². The fourth-order valence-electron chi connectivity index (χ4n) is 2.64. The molecule has 0 radical (unpaired) electrons. The first-order valence-electron chi connectivity index (χ1n) is 7.24. The van der Waals surface area contributed by atoms with Crippen molar-refractivity contribution >= 4 is 23.5 Å². The summed E-state index contributed by atoms with van der Waals surface area (Å²) in [7, 11) is 3.70. The Kier molecular flexibility index (Phi) is 4.09. The van der Waals surface area contributed by atoms with Crippen molar-refractivity contribution in [2.75, 3.05) is 37.8 Å². The zero-order valence-corrected chi connectivity index (χ0v) is 13.8. The van der Waals surface area contributed by atoms with Gasteiger partial charge in [-0.25, -0.2) is 0 Å². The van der Waals surface area contributed by atoms with Gasteiger partial charge in [0.2, 0.25) is 11.9 Å². The fourth-order valence-corrected chi connectivity index (χ4v) is 2.77. The van der Waals surface area contributed by atoms with Crippen LogP contribution in [0.1, 0.15) is 11.4 Å². The van der Waals surface area contributed by atoms with Crippen LogP contribution in [0.5, 0.6) is 0 Å². The maximum Gasteiger partial charge on any atom is 0.229 e. The summed E-state index contributed by atoms with van der Waals surface area (Å²) in [6.07, 6.45) is 0. The number of benzene rings is 1. The number of halogens is 1. The number of nitrogen functional groups attached to an aromatic ring is 1. The minimum atomic E-state index is -0.854. The van der Waals surface area contributed by atoms with Crippen molar-refractivity contribution in [1.29, 1.82) is 0 Å². The Bertz CT molecular complexity index is 700. The van der Waals surface area contributed by atoms with Gasteiger partial charge in [-0.3, -0.25) is 4.90 Å². The molecule has 23 heavy (non-hydrogen) atoms. The highest BCUT2D eigenvalue weighted by atomic mass is 35.5. The van der Waals surface area contributed by atoms with E-state index in [9.17, 15) is 5.11 Å². The normalized spacial score (nSPS) is 16.9. The topological polar surface area (TPSA) is 91.4 Å². The zero-order chi connectivity index (χ0) is 16.6. The lowest BCUT2D eigenvalue weighted by Crippen LogP contribution is -2.58. The van der Waals surface area contributed by atoms with Crippen LogP contribution in [0.15, 0.2) is 24.3 Å². The summed E-state index contributed by atoms with van der Waals surface area (Å²) in [5, 5.41) is 11.3. The molecule has 122 valence electrons. The van der Waals surface area contributed by atoms with Gasteiger partial charge in [0.05, 0.1) is 6.54 Å². The van der Waals surface area contributed by atoms with E-state index in [-0.39, 0.29) is 5.95 Å². The third-order valence-electron chi connectivity index (χ3n) is 3.80. The maximum atomic E-state index is 10.6. The molecule has 1 aliphatic heterocycles. The fraction of sp³-hybridized carbons (Fsp3) is 0.400. The number of aromatic nitrogens is 3. The molecule has 2 aromatic rings. The van der Waals surface area contributed by atoms with Crippen molar-refractivity contribution in [3.05, 3.63) is 40.7 Å². The molecule has 1 fully saturated rings. The van der Waals surface area contributed by atoms with E-state index in [4.69, 9.17) is 17.3 Å². The smallest absolute Gasteiger partial charge is 0.229 e. The Balaban J connectivity index is 1.67. The molecule has 1 saturated heterocycles. The molecule has 0 bridgehead atoms. The van der Waals surface area contributed by atoms with Gasteiger partial charge in [0.1, 0.15) is 11.4 Å². The number of aliphatic hydroxyl groups is 1. The van der Waals surface area contributed by atoms with Crippen LogP contribution in [0.3, 0.4) is 0 Å². The first-order chi connectivity index (χ1) is 10.9. The highest BCUT2D eigenvalue weighted by molar-refractivity contribution is 6.30. The van der Waals surface area contributed by atoms with Crippen molar-refractivity contribution in [3.63, 3.8) is 0 Å². The second-order valence-electron chi connectivity index (χ2n) is 5.99. The van der Waals surface area contributed by atoms with E-state index in [2.05, 4.69) is 19.9 Å². The summed E-state index contributed by atoms with van der Waals surface area (Å²) in [5.74, 6) is 1.33. The summed E-state index contributed by atoms with van der Waals surface area (Å²) in [5.41, 5.74) is 5.73. The van der Waals surface area contributed by atoms with Crippen molar-refractivity contribution in [3.8, 4) is 0 Å². The van der Waals surface area contributed by atoms with Gasteiger partial charge >= 0.3 is 0 Å². The summed E-state index contributed by atoms with van der Waals surface area (Å²) >= 11 is 5.88. The summed E-state index contributed by atoms with van der Waals surface area (Å²) in [4.78, 5) is 16.4. The number of rotatable bonds is 4. The molecule has 3 N–H and O–H groups in total. The Morgan fingerprint density at radius 3 is 2.48 bits per heavy atom. The quantitative estimate of drug-likeness (QED) is 0.857. The van der Waals surface area contributed by atoms with Gasteiger partial charge in [-0.15, -0.1) is 0 Å². The molecule has 0 unspecified atom stereocenters. The van der Waals surface area contributed by atoms with Crippen LogP contribution in [-0.2, 0) is 12.1 Å². The number of anilines is 2. The Morgan fingerprint density at radius 1 is 1.22 bits per heavy atom. The van der Waals surface area contributed by atoms with Crippen LogP contribution in [0.4, 0.5) is 11.9 Å². The second-order valence-corrected chi connectivity index (χ2v) is 6.42. The minimum Gasteiger partial charge on any atom is -0.382 e. The van der Waals surface area contributed by atoms with Crippen molar-refractivity contribution in [2.24, 2.45) is 0 Å². The van der Waals surface area contributed by atoms with Crippen LogP contribution < -0.4 is 10.6 Å². The van der Waals surface area contributed by atoms with Gasteiger partial charge < -0.3 is 15.7 Å². The van der Waals surface area contributed by atoms with Crippen LogP contribution in [0, 0.1) is 0 Å². The first kappa shape index (κ1) is 15.9. The largest absolute Gasteiger partial charge is 0.382 e. The molecule has 1 aromatic carbocycles. The number of nitrogens with two attached hydrogens (primary N) is 1. The molecule has 0 spiro atoms. The van der Waals surface area contributed by atoms with E-state index < -0.39 is 5.60 Å². The summed E-state index contributed by atoms with van der Waals surface area (Å²) in [6.45, 7) is 1.54. The van der Waals surface area contributed by atoms with Gasteiger partial charge in [0.25, 0.3) is 0 Å². The van der Waals surface area contributed by atoms with Crippen molar-refractivity contribution < 1.29 is 5.11 Å². The lowest BCUT2D eigenvalue weighted by Gasteiger charge is -2.46. The van der Waals surface area contributed by atoms with Crippen molar-refractivity contribution in [1.82, 2.24) is 19.9 Å². The highest BCUT2D eigenvalue weighted by Crippen LogP contribution is 2.33. The third kappa shape index (κ3) is 3.36. The van der Waals surface area contributed by atoms with Crippen LogP contribution >= 0.6 is 11.6 Å². The number of hydrogen-bond donors (Lipinski definition) is 2. The molecular weight excluding hydrogens is 316 g/mol. The van der Waals surface area contributed by atoms with Gasteiger partial charge in [0, 0.05) is 32.2 Å². The Labute approximate surface area is 139 Å².